The number of nitrogens with two attached hydrogens (primary N) is 1. The van der Waals surface area contributed by atoms with Gasteiger partial charge < -0.3 is 20.5 Å². The third kappa shape index (κ3) is 21.1. The van der Waals surface area contributed by atoms with E-state index >= 15 is 0 Å². The lowest BCUT2D eigenvalue weighted by Gasteiger charge is -2.17. The zero-order chi connectivity index (χ0) is 23.9. The maximum absolute atomic E-state index is 11.9. The largest absolute Gasteiger partial charge is 0.472 e. The Balaban J connectivity index is 3.63. The van der Waals surface area contributed by atoms with Crippen LogP contribution in [0.15, 0.2) is 12.2 Å². The molecule has 0 spiro atoms. The average Bonchev–Trinajstić information content (AvgIpc) is 2.77. The van der Waals surface area contributed by atoms with Gasteiger partial charge in [0.05, 0.1) is 19.8 Å². The van der Waals surface area contributed by atoms with E-state index in [1.54, 1.807) is 0 Å². The van der Waals surface area contributed by atoms with Crippen LogP contribution in [0.1, 0.15) is 96.8 Å². The standard InChI is InChI=1S/C23H46NO7P/c1-2-3-4-5-6-7-8-9-10-11-12-13-14-15-16-17-23(26)31-22(20-25)21-30-32(27,28)29-19-18-24/h9-10,22,25H,2-8,11-21,24H2,1H3,(H,27,28)/b10-9+. The Bertz CT molecular complexity index is 517. The Kier molecular flexibility index (Phi) is 21.5. The molecule has 0 aliphatic rings. The van der Waals surface area contributed by atoms with Crippen LogP contribution in [0.4, 0.5) is 0 Å². The minimum Gasteiger partial charge on any atom is -0.457 e. The maximum atomic E-state index is 11.9. The number of aliphatic hydroxyl groups is 1. The molecule has 0 aliphatic carbocycles. The number of carbonyl (C=O) groups is 1. The lowest BCUT2D eigenvalue weighted by molar-refractivity contribution is -0.153. The van der Waals surface area contributed by atoms with E-state index in [4.69, 9.17) is 15.0 Å². The van der Waals surface area contributed by atoms with Gasteiger partial charge in [-0.3, -0.25) is 13.8 Å². The molecule has 8 nitrogen and oxygen atoms in total. The normalized spacial score (nSPS) is 14.5. The summed E-state index contributed by atoms with van der Waals surface area (Å²) in [4.78, 5) is 21.3. The molecule has 9 heteroatoms. The number of ether oxygens (including phenoxy) is 1. The Morgan fingerprint density at radius 3 is 2.06 bits per heavy atom. The highest BCUT2D eigenvalue weighted by molar-refractivity contribution is 7.47. The van der Waals surface area contributed by atoms with Crippen molar-refractivity contribution >= 4 is 13.8 Å². The summed E-state index contributed by atoms with van der Waals surface area (Å²) in [6, 6.07) is 0. The van der Waals surface area contributed by atoms with Crippen LogP contribution in [0, 0.1) is 0 Å². The fourth-order valence-corrected chi connectivity index (χ4v) is 3.86. The molecule has 0 aromatic carbocycles. The van der Waals surface area contributed by atoms with Crippen LogP contribution in [-0.2, 0) is 23.1 Å². The number of hydrogen-bond donors (Lipinski definition) is 3. The summed E-state index contributed by atoms with van der Waals surface area (Å²) in [5, 5.41) is 9.26. The van der Waals surface area contributed by atoms with Crippen molar-refractivity contribution in [2.24, 2.45) is 5.73 Å². The van der Waals surface area contributed by atoms with E-state index in [0.717, 1.165) is 32.1 Å². The fraction of sp³-hybridized carbons (Fsp3) is 0.870. The van der Waals surface area contributed by atoms with Crippen molar-refractivity contribution in [3.05, 3.63) is 12.2 Å². The van der Waals surface area contributed by atoms with Crippen molar-refractivity contribution in [1.29, 1.82) is 0 Å². The Labute approximate surface area is 194 Å². The van der Waals surface area contributed by atoms with E-state index < -0.39 is 33.1 Å². The predicted octanol–water partition coefficient (Wildman–Crippen LogP) is 5.02. The van der Waals surface area contributed by atoms with E-state index in [9.17, 15) is 19.4 Å². The topological polar surface area (TPSA) is 128 Å². The number of phosphoric ester groups is 1. The third-order valence-corrected chi connectivity index (χ3v) is 5.92. The number of rotatable bonds is 23. The van der Waals surface area contributed by atoms with E-state index in [2.05, 4.69) is 23.6 Å². The molecule has 0 fully saturated rings. The highest BCUT2D eigenvalue weighted by Crippen LogP contribution is 2.42. The van der Waals surface area contributed by atoms with Crippen molar-refractivity contribution in [2.45, 2.75) is 103 Å². The smallest absolute Gasteiger partial charge is 0.457 e. The lowest BCUT2D eigenvalue weighted by atomic mass is 10.1. The molecule has 190 valence electrons. The number of aliphatic hydroxyl groups excluding tert-OH is 1. The highest BCUT2D eigenvalue weighted by Gasteiger charge is 2.24. The van der Waals surface area contributed by atoms with E-state index in [1.807, 2.05) is 0 Å². The molecule has 0 aliphatic heterocycles. The molecule has 0 bridgehead atoms. The van der Waals surface area contributed by atoms with Gasteiger partial charge in [-0.05, 0) is 32.1 Å². The molecule has 4 N–H and O–H groups in total. The maximum Gasteiger partial charge on any atom is 0.472 e. The first kappa shape index (κ1) is 31.2. The molecule has 2 unspecified atom stereocenters. The fourth-order valence-electron chi connectivity index (χ4n) is 3.09. The first-order chi connectivity index (χ1) is 15.4. The molecule has 32 heavy (non-hydrogen) atoms. The van der Waals surface area contributed by atoms with Crippen LogP contribution < -0.4 is 5.73 Å². The Hall–Kier alpha value is -0.760. The Morgan fingerprint density at radius 1 is 0.938 bits per heavy atom. The van der Waals surface area contributed by atoms with Gasteiger partial charge in [-0.15, -0.1) is 0 Å². The third-order valence-electron chi connectivity index (χ3n) is 4.94. The van der Waals surface area contributed by atoms with Gasteiger partial charge in [0.25, 0.3) is 0 Å². The number of phosphoric acid groups is 1. The van der Waals surface area contributed by atoms with Gasteiger partial charge in [-0.25, -0.2) is 4.57 Å². The van der Waals surface area contributed by atoms with Gasteiger partial charge in [0, 0.05) is 13.0 Å². The van der Waals surface area contributed by atoms with Gasteiger partial charge in [0.15, 0.2) is 0 Å². The lowest BCUT2D eigenvalue weighted by Crippen LogP contribution is -2.27. The molecular weight excluding hydrogens is 433 g/mol. The summed E-state index contributed by atoms with van der Waals surface area (Å²) >= 11 is 0. The van der Waals surface area contributed by atoms with Gasteiger partial charge in [-0.2, -0.15) is 0 Å². The van der Waals surface area contributed by atoms with Crippen LogP contribution >= 0.6 is 7.82 Å². The van der Waals surface area contributed by atoms with Crippen LogP contribution in [-0.4, -0.2) is 48.4 Å². The summed E-state index contributed by atoms with van der Waals surface area (Å²) in [6.45, 7) is 1.25. The molecule has 0 rings (SSSR count). The van der Waals surface area contributed by atoms with Crippen molar-refractivity contribution in [3.63, 3.8) is 0 Å². The quantitative estimate of drug-likeness (QED) is 0.0806. The number of hydrogen-bond acceptors (Lipinski definition) is 7. The molecule has 0 saturated carbocycles. The minimum atomic E-state index is -4.26. The first-order valence-corrected chi connectivity index (χ1v) is 13.7. The van der Waals surface area contributed by atoms with E-state index in [0.29, 0.717) is 6.42 Å². The van der Waals surface area contributed by atoms with Crippen molar-refractivity contribution in [2.75, 3.05) is 26.4 Å². The van der Waals surface area contributed by atoms with Crippen molar-refractivity contribution < 1.29 is 33.1 Å². The van der Waals surface area contributed by atoms with Crippen molar-refractivity contribution in [1.82, 2.24) is 0 Å². The second-order valence-corrected chi connectivity index (χ2v) is 9.47. The molecule has 0 aromatic heterocycles. The van der Waals surface area contributed by atoms with E-state index in [1.165, 1.54) is 44.9 Å². The zero-order valence-corrected chi connectivity index (χ0v) is 20.8. The van der Waals surface area contributed by atoms with Crippen LogP contribution in [0.25, 0.3) is 0 Å². The first-order valence-electron chi connectivity index (χ1n) is 12.2. The van der Waals surface area contributed by atoms with Gasteiger partial charge in [-0.1, -0.05) is 70.4 Å². The van der Waals surface area contributed by atoms with Crippen LogP contribution in [0.5, 0.6) is 0 Å². The zero-order valence-electron chi connectivity index (χ0n) is 19.9. The molecule has 2 atom stereocenters. The minimum absolute atomic E-state index is 0.0717. The average molecular weight is 480 g/mol. The second kappa shape index (κ2) is 22.1. The number of unbranched alkanes of at least 4 members (excludes halogenated alkanes) is 11. The molecule has 0 radical (unpaired) electrons. The monoisotopic (exact) mass is 479 g/mol. The Morgan fingerprint density at radius 2 is 1.50 bits per heavy atom. The number of allylic oxidation sites excluding steroid dienone is 2. The number of esters is 1. The number of carbonyl (C=O) groups excluding carboxylic acids is 1. The SMILES string of the molecule is CCCCCCCC/C=C/CCCCCCCC(=O)OC(CO)COP(=O)(O)OCCN. The van der Waals surface area contributed by atoms with Crippen LogP contribution in [0.2, 0.25) is 0 Å². The predicted molar refractivity (Wildman–Crippen MR) is 127 cm³/mol. The van der Waals surface area contributed by atoms with Gasteiger partial charge in [0.1, 0.15) is 6.10 Å². The summed E-state index contributed by atoms with van der Waals surface area (Å²) in [6.07, 6.45) is 19.2. The van der Waals surface area contributed by atoms with Crippen molar-refractivity contribution in [3.8, 4) is 0 Å². The molecule has 0 aromatic rings. The highest BCUT2D eigenvalue weighted by atomic mass is 31.2. The molecule has 0 saturated heterocycles. The van der Waals surface area contributed by atoms with Gasteiger partial charge in [0.2, 0.25) is 0 Å². The molecule has 0 heterocycles. The van der Waals surface area contributed by atoms with E-state index in [-0.39, 0.29) is 19.6 Å². The summed E-state index contributed by atoms with van der Waals surface area (Å²) in [5.74, 6) is -0.457. The van der Waals surface area contributed by atoms with Crippen LogP contribution in [0.3, 0.4) is 0 Å². The summed E-state index contributed by atoms with van der Waals surface area (Å²) in [5.41, 5.74) is 5.19. The summed E-state index contributed by atoms with van der Waals surface area (Å²) in [7, 11) is -4.26. The molecule has 0 amide bonds. The summed E-state index contributed by atoms with van der Waals surface area (Å²) < 4.78 is 25.9. The van der Waals surface area contributed by atoms with Gasteiger partial charge >= 0.3 is 13.8 Å². The second-order valence-electron chi connectivity index (χ2n) is 8.01. The molecular formula is C23H46NO7P.